The van der Waals surface area contributed by atoms with Crippen molar-refractivity contribution >= 4 is 17.7 Å². The van der Waals surface area contributed by atoms with E-state index in [1.54, 1.807) is 52.1 Å². The molecular formula is C37H59N3O8. The van der Waals surface area contributed by atoms with Crippen LogP contribution in [0.15, 0.2) is 30.3 Å². The zero-order valence-electron chi connectivity index (χ0n) is 30.7. The van der Waals surface area contributed by atoms with Crippen LogP contribution >= 0.6 is 0 Å². The van der Waals surface area contributed by atoms with Crippen molar-refractivity contribution in [3.05, 3.63) is 35.9 Å². The SMILES string of the molecule is CO[C@]1(C)C[C@@H](C)CN(C)[C@H]([C@H]2CCNC2)COC(=O)C(C)(C)C(=O)[C@H](C)[C@H]1O[C@@H]1O[C@H](C)C[C@H](N(C)C)[C@H]1OC(=O)c1ccccc1. The second kappa shape index (κ2) is 16.1. The van der Waals surface area contributed by atoms with E-state index in [1.165, 1.54) is 0 Å². The number of esters is 2. The Morgan fingerprint density at radius 2 is 1.77 bits per heavy atom. The summed E-state index contributed by atoms with van der Waals surface area (Å²) in [5, 5.41) is 3.44. The summed E-state index contributed by atoms with van der Waals surface area (Å²) in [6.07, 6.45) is -0.720. The van der Waals surface area contributed by atoms with Crippen molar-refractivity contribution in [2.45, 2.75) is 103 Å². The monoisotopic (exact) mass is 673 g/mol. The summed E-state index contributed by atoms with van der Waals surface area (Å²) in [6, 6.07) is 8.63. The van der Waals surface area contributed by atoms with E-state index in [-0.39, 0.29) is 36.5 Å². The van der Waals surface area contributed by atoms with E-state index in [0.29, 0.717) is 24.3 Å². The van der Waals surface area contributed by atoms with Crippen molar-refractivity contribution in [1.82, 2.24) is 15.1 Å². The van der Waals surface area contributed by atoms with Gasteiger partial charge in [-0.15, -0.1) is 0 Å². The molecule has 3 aliphatic heterocycles. The van der Waals surface area contributed by atoms with Gasteiger partial charge < -0.3 is 33.9 Å². The number of rotatable bonds is 7. The van der Waals surface area contributed by atoms with Crippen LogP contribution in [0.3, 0.4) is 0 Å². The van der Waals surface area contributed by atoms with Gasteiger partial charge in [0, 0.05) is 25.6 Å². The lowest BCUT2D eigenvalue weighted by Crippen LogP contribution is -2.60. The molecular weight excluding hydrogens is 614 g/mol. The molecule has 0 bridgehead atoms. The molecule has 3 heterocycles. The van der Waals surface area contributed by atoms with Gasteiger partial charge in [0.15, 0.2) is 18.2 Å². The summed E-state index contributed by atoms with van der Waals surface area (Å²) in [6.45, 7) is 13.9. The lowest BCUT2D eigenvalue weighted by Gasteiger charge is -2.48. The van der Waals surface area contributed by atoms with E-state index in [1.807, 2.05) is 38.9 Å². The molecule has 0 spiro atoms. The van der Waals surface area contributed by atoms with Crippen LogP contribution in [0, 0.1) is 23.2 Å². The third kappa shape index (κ3) is 8.65. The molecule has 0 radical (unpaired) electrons. The standard InChI is InChI=1S/C37H59N3O8/c1-23-19-37(6,44-10)32(25(3)31(41)36(4,5)35(43)45-22-29(40(9)21-23)27-16-17-38-20-27)48-34-30(28(39(7)8)18-24(2)46-34)47-33(42)26-14-12-11-13-15-26/h11-15,23-25,27-30,32,34,38H,16-22H2,1-10H3/t23-,24-,25+,27+,28+,29+,30-,32-,34+,37-/m1/s1. The average molecular weight is 674 g/mol. The molecule has 3 saturated heterocycles. The summed E-state index contributed by atoms with van der Waals surface area (Å²) >= 11 is 0. The van der Waals surface area contributed by atoms with Gasteiger partial charge in [-0.25, -0.2) is 4.79 Å². The maximum atomic E-state index is 14.4. The number of methoxy groups -OCH3 is 1. The minimum atomic E-state index is -1.45. The van der Waals surface area contributed by atoms with Crippen LogP contribution in [0.25, 0.3) is 0 Å². The molecule has 10 atom stereocenters. The van der Waals surface area contributed by atoms with Crippen molar-refractivity contribution in [1.29, 1.82) is 0 Å². The summed E-state index contributed by atoms with van der Waals surface area (Å²) in [5.41, 5.74) is -2.00. The molecule has 1 aromatic carbocycles. The summed E-state index contributed by atoms with van der Waals surface area (Å²) in [5.74, 6) is -1.71. The van der Waals surface area contributed by atoms with Gasteiger partial charge >= 0.3 is 11.9 Å². The Hall–Kier alpha value is -2.41. The number of hydrogen-bond acceptors (Lipinski definition) is 11. The number of nitrogens with zero attached hydrogens (tertiary/aromatic N) is 2. The van der Waals surface area contributed by atoms with Gasteiger partial charge in [0.25, 0.3) is 0 Å². The summed E-state index contributed by atoms with van der Waals surface area (Å²) < 4.78 is 31.8. The van der Waals surface area contributed by atoms with Crippen LogP contribution in [0.2, 0.25) is 0 Å². The molecule has 3 aliphatic rings. The summed E-state index contributed by atoms with van der Waals surface area (Å²) in [7, 11) is 7.59. The highest BCUT2D eigenvalue weighted by Gasteiger charge is 2.52. The molecule has 11 heteroatoms. The Balaban J connectivity index is 1.72. The molecule has 0 unspecified atom stereocenters. The number of ketones is 1. The zero-order chi connectivity index (χ0) is 35.4. The highest BCUT2D eigenvalue weighted by atomic mass is 16.7. The van der Waals surface area contributed by atoms with E-state index >= 15 is 0 Å². The van der Waals surface area contributed by atoms with Crippen LogP contribution in [-0.2, 0) is 33.3 Å². The number of hydrogen-bond donors (Lipinski definition) is 1. The van der Waals surface area contributed by atoms with E-state index in [4.69, 9.17) is 23.7 Å². The molecule has 0 aliphatic carbocycles. The number of cyclic esters (lactones) is 1. The quantitative estimate of drug-likeness (QED) is 0.337. The molecule has 3 fully saturated rings. The second-order valence-corrected chi connectivity index (χ2v) is 15.3. The number of ether oxygens (including phenoxy) is 5. The molecule has 48 heavy (non-hydrogen) atoms. The predicted octanol–water partition coefficient (Wildman–Crippen LogP) is 3.79. The van der Waals surface area contributed by atoms with Crippen LogP contribution < -0.4 is 5.32 Å². The molecule has 4 rings (SSSR count). The average Bonchev–Trinajstić information content (AvgIpc) is 3.58. The van der Waals surface area contributed by atoms with Crippen LogP contribution in [0.5, 0.6) is 0 Å². The number of nitrogens with one attached hydrogen (secondary N) is 1. The first kappa shape index (κ1) is 38.4. The number of benzene rings is 1. The second-order valence-electron chi connectivity index (χ2n) is 15.3. The van der Waals surface area contributed by atoms with Crippen molar-refractivity contribution in [3.63, 3.8) is 0 Å². The first-order valence-corrected chi connectivity index (χ1v) is 17.5. The van der Waals surface area contributed by atoms with Gasteiger partial charge in [0.1, 0.15) is 12.0 Å². The van der Waals surface area contributed by atoms with E-state index in [2.05, 4.69) is 24.2 Å². The Labute approximate surface area is 287 Å². The number of carbonyl (C=O) groups excluding carboxylic acids is 3. The largest absolute Gasteiger partial charge is 0.463 e. The Morgan fingerprint density at radius 1 is 1.08 bits per heavy atom. The maximum absolute atomic E-state index is 14.4. The molecule has 1 aromatic rings. The van der Waals surface area contributed by atoms with Crippen molar-refractivity contribution in [3.8, 4) is 0 Å². The number of likely N-dealkylation sites (N-methyl/N-ethyl adjacent to an activating group) is 2. The molecule has 11 nitrogen and oxygen atoms in total. The normalized spacial score (nSPS) is 37.3. The van der Waals surface area contributed by atoms with E-state index in [0.717, 1.165) is 26.1 Å². The van der Waals surface area contributed by atoms with Gasteiger partial charge in [0.2, 0.25) is 0 Å². The Morgan fingerprint density at radius 3 is 2.38 bits per heavy atom. The smallest absolute Gasteiger partial charge is 0.338 e. The molecule has 270 valence electrons. The molecule has 0 saturated carbocycles. The fourth-order valence-corrected chi connectivity index (χ4v) is 7.94. The third-order valence-corrected chi connectivity index (χ3v) is 10.8. The van der Waals surface area contributed by atoms with Crippen molar-refractivity contribution in [2.24, 2.45) is 23.2 Å². The Bertz CT molecular complexity index is 1240. The highest BCUT2D eigenvalue weighted by molar-refractivity contribution is 6.04. The third-order valence-electron chi connectivity index (χ3n) is 10.8. The van der Waals surface area contributed by atoms with Crippen molar-refractivity contribution in [2.75, 3.05) is 54.5 Å². The minimum Gasteiger partial charge on any atom is -0.463 e. The maximum Gasteiger partial charge on any atom is 0.338 e. The zero-order valence-corrected chi connectivity index (χ0v) is 30.7. The number of Topliss-reactive ketones (excluding diaryl/α,β-unsaturated/α-hetero) is 1. The fraction of sp³-hybridized carbons (Fsp3) is 0.757. The first-order chi connectivity index (χ1) is 22.6. The summed E-state index contributed by atoms with van der Waals surface area (Å²) in [4.78, 5) is 45.8. The van der Waals surface area contributed by atoms with E-state index < -0.39 is 47.4 Å². The molecule has 0 amide bonds. The lowest BCUT2D eigenvalue weighted by atomic mass is 9.74. The fourth-order valence-electron chi connectivity index (χ4n) is 7.94. The molecule has 1 N–H and O–H groups in total. The minimum absolute atomic E-state index is 0.0106. The number of carbonyl (C=O) groups is 3. The van der Waals surface area contributed by atoms with Crippen LogP contribution in [0.4, 0.5) is 0 Å². The van der Waals surface area contributed by atoms with Gasteiger partial charge in [-0.1, -0.05) is 32.0 Å². The Kier molecular flexibility index (Phi) is 12.9. The molecule has 0 aromatic heterocycles. The van der Waals surface area contributed by atoms with E-state index in [9.17, 15) is 14.4 Å². The van der Waals surface area contributed by atoms with Gasteiger partial charge in [0.05, 0.1) is 29.4 Å². The first-order valence-electron chi connectivity index (χ1n) is 17.5. The van der Waals surface area contributed by atoms with Crippen molar-refractivity contribution < 1.29 is 38.1 Å². The van der Waals surface area contributed by atoms with Crippen LogP contribution in [-0.4, -0.2) is 124 Å². The van der Waals surface area contributed by atoms with Gasteiger partial charge in [-0.05, 0) is 105 Å². The van der Waals surface area contributed by atoms with Gasteiger partial charge in [-0.3, -0.25) is 14.5 Å². The van der Waals surface area contributed by atoms with Gasteiger partial charge in [-0.2, -0.15) is 0 Å². The topological polar surface area (TPSA) is 116 Å². The highest BCUT2D eigenvalue weighted by Crippen LogP contribution is 2.39. The predicted molar refractivity (Wildman–Crippen MR) is 182 cm³/mol. The lowest BCUT2D eigenvalue weighted by molar-refractivity contribution is -0.295. The van der Waals surface area contributed by atoms with Crippen LogP contribution in [0.1, 0.15) is 71.2 Å².